The zero-order valence-electron chi connectivity index (χ0n) is 19.2. The quantitative estimate of drug-likeness (QED) is 0.0970. The number of hydrogen-bond acceptors (Lipinski definition) is 10. The summed E-state index contributed by atoms with van der Waals surface area (Å²) in [5, 5.41) is 0. The van der Waals surface area contributed by atoms with Crippen LogP contribution in [0.4, 0.5) is 0 Å². The predicted molar refractivity (Wildman–Crippen MR) is 160 cm³/mol. The number of furan rings is 4. The lowest BCUT2D eigenvalue weighted by Crippen LogP contribution is -1.88. The normalized spacial score (nSPS) is 11.8. The predicted octanol–water partition coefficient (Wildman–Crippen LogP) is 8.14. The molecule has 0 N–H and O–H groups in total. The van der Waals surface area contributed by atoms with Crippen molar-refractivity contribution in [1.82, 2.24) is 0 Å². The molecule has 0 aliphatic carbocycles. The van der Waals surface area contributed by atoms with Crippen LogP contribution in [-0.2, 0) is 52.1 Å². The van der Waals surface area contributed by atoms with Gasteiger partial charge in [-0.1, -0.05) is 29.0 Å². The summed E-state index contributed by atoms with van der Waals surface area (Å²) in [4.78, 5) is 0. The standard InChI is InChI=1S/C10H10O2S2.C6H8O2S.C5H5ClO2S.CH4.Cl2O2S/c1-3-9(11-5-1)7-13-14-8-10-4-2-6-12-10;1-9(7)5-6-3-2-4-8-6;6-9(7)4-5-2-1-3-8-5;;1-5(2,3)4/h1-6H,7-8H2;2-4H,5H2,1H3;1-3H,4H2;1H4;. The number of rotatable bonds is 9. The smallest absolute Gasteiger partial charge is 0.317 e. The fraction of sp³-hybridized carbons (Fsp3) is 0.273. The van der Waals surface area contributed by atoms with Crippen molar-refractivity contribution in [2.75, 3.05) is 6.26 Å². The highest BCUT2D eigenvalue weighted by Gasteiger charge is 1.99. The summed E-state index contributed by atoms with van der Waals surface area (Å²) in [7, 11) is 11.4. The first kappa shape index (κ1) is 36.9. The van der Waals surface area contributed by atoms with Crippen LogP contribution in [0.2, 0.25) is 0 Å². The highest BCUT2D eigenvalue weighted by Crippen LogP contribution is 2.29. The topological polar surface area (TPSA) is 121 Å². The molecule has 2 atom stereocenters. The van der Waals surface area contributed by atoms with Gasteiger partial charge in [0.05, 0.1) is 48.1 Å². The first-order valence-corrected chi connectivity index (χ1v) is 19.3. The van der Waals surface area contributed by atoms with Crippen LogP contribution in [0.15, 0.2) is 91.3 Å². The third-order valence-corrected chi connectivity index (χ3v) is 7.12. The SMILES string of the molecule is C.CS(=O)Cc1ccco1.O=S(=O)(Cl)Cl.O=S(Cl)Cc1ccco1.c1coc(CSSCc2ccco2)c1. The molecule has 0 aromatic carbocycles. The minimum absolute atomic E-state index is 0. The van der Waals surface area contributed by atoms with E-state index in [-0.39, 0.29) is 13.2 Å². The summed E-state index contributed by atoms with van der Waals surface area (Å²) in [6.45, 7) is 0. The fourth-order valence-corrected chi connectivity index (χ4v) is 5.29. The van der Waals surface area contributed by atoms with E-state index in [1.54, 1.807) is 64.8 Å². The zero-order valence-corrected chi connectivity index (χ0v) is 25.5. The molecule has 0 aliphatic rings. The largest absolute Gasteiger partial charge is 0.468 e. The van der Waals surface area contributed by atoms with Crippen molar-refractivity contribution in [2.45, 2.75) is 30.4 Å². The lowest BCUT2D eigenvalue weighted by Gasteiger charge is -1.96. The highest BCUT2D eigenvalue weighted by molar-refractivity contribution is 8.76. The summed E-state index contributed by atoms with van der Waals surface area (Å²) in [5.41, 5.74) is 0. The van der Waals surface area contributed by atoms with Crippen molar-refractivity contribution < 1.29 is 34.5 Å². The number of hydrogen-bond donors (Lipinski definition) is 0. The number of halogens is 3. The fourth-order valence-electron chi connectivity index (χ4n) is 2.09. The second-order valence-corrected chi connectivity index (χ2v) is 15.8. The van der Waals surface area contributed by atoms with Gasteiger partial charge in [0.15, 0.2) is 0 Å². The van der Waals surface area contributed by atoms with Gasteiger partial charge in [-0.15, -0.1) is 0 Å². The van der Waals surface area contributed by atoms with Gasteiger partial charge in [0.1, 0.15) is 33.1 Å². The molecular weight excluding hydrogens is 659 g/mol. The molecule has 4 aromatic rings. The maximum atomic E-state index is 10.6. The molecule has 4 aromatic heterocycles. The van der Waals surface area contributed by atoms with Gasteiger partial charge in [0, 0.05) is 38.4 Å². The summed E-state index contributed by atoms with van der Waals surface area (Å²) in [6, 6.07) is 14.9. The average Bonchev–Trinajstić information content (AvgIpc) is 3.60. The van der Waals surface area contributed by atoms with Crippen molar-refractivity contribution in [3.05, 3.63) is 96.6 Å². The van der Waals surface area contributed by atoms with Gasteiger partial charge >= 0.3 is 8.26 Å². The summed E-state index contributed by atoms with van der Waals surface area (Å²) < 4.78 is 59.5. The van der Waals surface area contributed by atoms with Gasteiger partial charge < -0.3 is 17.7 Å². The van der Waals surface area contributed by atoms with E-state index in [0.29, 0.717) is 11.5 Å². The lowest BCUT2D eigenvalue weighted by atomic mass is 10.5. The van der Waals surface area contributed by atoms with Gasteiger partial charge in [-0.2, -0.15) is 8.42 Å². The van der Waals surface area contributed by atoms with E-state index >= 15 is 0 Å². The molecule has 214 valence electrons. The van der Waals surface area contributed by atoms with Crippen molar-refractivity contribution in [3.63, 3.8) is 0 Å². The van der Waals surface area contributed by atoms with E-state index in [2.05, 4.69) is 21.4 Å². The van der Waals surface area contributed by atoms with Gasteiger partial charge in [0.25, 0.3) is 0 Å². The highest BCUT2D eigenvalue weighted by atomic mass is 36.0. The van der Waals surface area contributed by atoms with Crippen LogP contribution in [0.5, 0.6) is 0 Å². The molecule has 0 bridgehead atoms. The first-order valence-electron chi connectivity index (χ1n) is 9.85. The Morgan fingerprint density at radius 1 is 0.711 bits per heavy atom. The third-order valence-electron chi connectivity index (χ3n) is 3.41. The summed E-state index contributed by atoms with van der Waals surface area (Å²) >= 11 is 0. The Hall–Kier alpha value is -1.06. The van der Waals surface area contributed by atoms with E-state index in [1.165, 1.54) is 6.26 Å². The van der Waals surface area contributed by atoms with Gasteiger partial charge in [-0.3, -0.25) is 4.21 Å². The van der Waals surface area contributed by atoms with Crippen LogP contribution in [0.25, 0.3) is 0 Å². The molecule has 0 spiro atoms. The van der Waals surface area contributed by atoms with Crippen molar-refractivity contribution in [3.8, 4) is 0 Å². The molecular formula is C22H27Cl3O8S5. The Kier molecular flexibility index (Phi) is 21.1. The van der Waals surface area contributed by atoms with Gasteiger partial charge in [-0.05, 0) is 59.2 Å². The first-order chi connectivity index (χ1) is 17.5. The summed E-state index contributed by atoms with van der Waals surface area (Å²) in [5.74, 6) is 6.08. The Labute approximate surface area is 248 Å². The molecule has 38 heavy (non-hydrogen) atoms. The average molecular weight is 686 g/mol. The maximum Gasteiger partial charge on any atom is 0.317 e. The van der Waals surface area contributed by atoms with Gasteiger partial charge in [0.2, 0.25) is 0 Å². The second-order valence-electron chi connectivity index (χ2n) is 6.37. The van der Waals surface area contributed by atoms with Crippen LogP contribution >= 0.6 is 53.6 Å². The molecule has 0 aliphatic heterocycles. The molecule has 2 unspecified atom stereocenters. The van der Waals surface area contributed by atoms with Crippen molar-refractivity contribution >= 4 is 82.7 Å². The monoisotopic (exact) mass is 684 g/mol. The Morgan fingerprint density at radius 3 is 1.29 bits per heavy atom. The summed E-state index contributed by atoms with van der Waals surface area (Å²) in [6.07, 6.45) is 8.17. The molecule has 4 rings (SSSR count). The molecule has 16 heteroatoms. The molecule has 8 nitrogen and oxygen atoms in total. The molecule has 0 fully saturated rings. The second kappa shape index (κ2) is 21.7. The van der Waals surface area contributed by atoms with E-state index in [9.17, 15) is 8.42 Å². The minimum Gasteiger partial charge on any atom is -0.468 e. The Balaban J connectivity index is 0.000000506. The molecule has 0 amide bonds. The Bertz CT molecular complexity index is 1120. The molecule has 0 saturated carbocycles. The van der Waals surface area contributed by atoms with Crippen LogP contribution in [0.1, 0.15) is 30.5 Å². The van der Waals surface area contributed by atoms with Crippen LogP contribution < -0.4 is 0 Å². The van der Waals surface area contributed by atoms with Crippen molar-refractivity contribution in [2.24, 2.45) is 0 Å². The zero-order chi connectivity index (χ0) is 27.5. The molecule has 0 radical (unpaired) electrons. The van der Waals surface area contributed by atoms with E-state index in [1.807, 2.05) is 30.3 Å². The Morgan fingerprint density at radius 2 is 1.03 bits per heavy atom. The van der Waals surface area contributed by atoms with Crippen LogP contribution in [0.3, 0.4) is 0 Å². The molecule has 4 heterocycles. The van der Waals surface area contributed by atoms with Crippen LogP contribution in [-0.4, -0.2) is 23.1 Å². The van der Waals surface area contributed by atoms with Gasteiger partial charge in [-0.25, -0.2) is 4.21 Å². The van der Waals surface area contributed by atoms with E-state index in [4.69, 9.17) is 36.8 Å². The van der Waals surface area contributed by atoms with E-state index < -0.39 is 29.1 Å². The molecule has 0 saturated heterocycles. The van der Waals surface area contributed by atoms with Crippen LogP contribution in [0, 0.1) is 0 Å². The van der Waals surface area contributed by atoms with Crippen molar-refractivity contribution in [1.29, 1.82) is 0 Å². The third kappa shape index (κ3) is 22.9. The maximum absolute atomic E-state index is 10.6. The van der Waals surface area contributed by atoms with E-state index in [0.717, 1.165) is 28.8 Å². The lowest BCUT2D eigenvalue weighted by molar-refractivity contribution is 0.528. The minimum atomic E-state index is -3.72.